The lowest BCUT2D eigenvalue weighted by Gasteiger charge is -2.14. The number of likely N-dealkylation sites (N-methyl/N-ethyl adjacent to an activating group) is 1. The molecule has 12 heteroatoms. The van der Waals surface area contributed by atoms with Crippen molar-refractivity contribution in [1.82, 2.24) is 10.6 Å². The Kier molecular flexibility index (Phi) is 20.7. The van der Waals surface area contributed by atoms with Gasteiger partial charge in [-0.1, -0.05) is 22.4 Å². The van der Waals surface area contributed by atoms with Gasteiger partial charge in [0.1, 0.15) is 19.3 Å². The number of nitrogens with zero attached hydrogens (tertiary/aromatic N) is 2. The largest absolute Gasteiger partial charge is 0.396 e. The van der Waals surface area contributed by atoms with Crippen LogP contribution in [0.4, 0.5) is 0 Å². The zero-order valence-corrected chi connectivity index (χ0v) is 25.1. The first-order valence-corrected chi connectivity index (χ1v) is 14.2. The normalized spacial score (nSPS) is 13.2. The lowest BCUT2D eigenvalue weighted by molar-refractivity contribution is -0.120. The molecule has 0 aliphatic carbocycles. The summed E-state index contributed by atoms with van der Waals surface area (Å²) in [6.07, 6.45) is 7.31. The summed E-state index contributed by atoms with van der Waals surface area (Å²) in [5, 5.41) is 13.9. The van der Waals surface area contributed by atoms with E-state index in [0.717, 1.165) is 37.7 Å². The third-order valence-corrected chi connectivity index (χ3v) is 6.15. The summed E-state index contributed by atoms with van der Waals surface area (Å²) < 4.78 is 15.9. The highest BCUT2D eigenvalue weighted by Gasteiger charge is 2.12. The van der Waals surface area contributed by atoms with Crippen LogP contribution >= 0.6 is 0 Å². The van der Waals surface area contributed by atoms with Gasteiger partial charge in [0.25, 0.3) is 5.91 Å². The Morgan fingerprint density at radius 2 is 1.68 bits per heavy atom. The minimum Gasteiger partial charge on any atom is -0.396 e. The number of nitrogens with two attached hydrogens (primary N) is 1. The van der Waals surface area contributed by atoms with E-state index in [1.54, 1.807) is 39.6 Å². The predicted molar refractivity (Wildman–Crippen MR) is 159 cm³/mol. The maximum absolute atomic E-state index is 12.4. The summed E-state index contributed by atoms with van der Waals surface area (Å²) >= 11 is 0. The first kappa shape index (κ1) is 36.0. The molecule has 0 bridgehead atoms. The van der Waals surface area contributed by atoms with Crippen LogP contribution in [0.25, 0.3) is 0 Å². The maximum atomic E-state index is 12.4. The zero-order chi connectivity index (χ0) is 30.1. The molecule has 0 aliphatic rings. The predicted octanol–water partition coefficient (Wildman–Crippen LogP) is 2.64. The molecule has 1 rings (SSSR count). The number of unbranched alkanes of at least 4 members (excludes halogenated alkanes) is 3. The molecule has 0 heterocycles. The molecule has 1 aromatic rings. The van der Waals surface area contributed by atoms with Crippen molar-refractivity contribution in [3.63, 3.8) is 0 Å². The lowest BCUT2D eigenvalue weighted by atomic mass is 10.1. The number of hydrogen-bond acceptors (Lipinski definition) is 10. The average Bonchev–Trinajstić information content (AvgIpc) is 2.98. The summed E-state index contributed by atoms with van der Waals surface area (Å²) in [6, 6.07) is 6.85. The van der Waals surface area contributed by atoms with Gasteiger partial charge in [0.05, 0.1) is 25.0 Å². The molecule has 0 fully saturated rings. The Hall–Kier alpha value is -3.06. The molecule has 0 aliphatic heterocycles. The van der Waals surface area contributed by atoms with Gasteiger partial charge in [0.2, 0.25) is 5.91 Å². The molecule has 0 saturated heterocycles. The minimum atomic E-state index is -0.365. The van der Waals surface area contributed by atoms with E-state index in [1.807, 2.05) is 19.1 Å². The number of amides is 2. The van der Waals surface area contributed by atoms with Crippen molar-refractivity contribution in [3.05, 3.63) is 35.4 Å². The van der Waals surface area contributed by atoms with Gasteiger partial charge in [0, 0.05) is 45.6 Å². The van der Waals surface area contributed by atoms with E-state index in [2.05, 4.69) is 20.9 Å². The monoisotopic (exact) mass is 579 g/mol. The van der Waals surface area contributed by atoms with E-state index < -0.39 is 0 Å². The second kappa shape index (κ2) is 23.6. The van der Waals surface area contributed by atoms with Crippen molar-refractivity contribution in [1.29, 1.82) is 0 Å². The number of carbonyl (C=O) groups is 2. The number of benzene rings is 1. The highest BCUT2D eigenvalue weighted by Crippen LogP contribution is 2.07. The number of ether oxygens (including phenoxy) is 3. The summed E-state index contributed by atoms with van der Waals surface area (Å²) in [5.41, 5.74) is 7.45. The average molecular weight is 580 g/mol. The van der Waals surface area contributed by atoms with Crippen LogP contribution in [-0.4, -0.2) is 96.7 Å². The molecule has 232 valence electrons. The molecule has 4 N–H and O–H groups in total. The standard InChI is InChI=1S/C29H49N5O7/c1-23(24-12-14-25(15-13-24)29(36)32-16-8-6-11-27(31-2)28(30)35)34-41-20-10-19-40-33-17-7-5-9-18-39-22-26(38-4)21-37-3/h12-15,17,26-27,31H,5-11,16,18-22H2,1-4H3,(H2,30,35)(H,32,36)/b33-17-,34-23+/t26?,27-/m0/s1. The van der Waals surface area contributed by atoms with Gasteiger partial charge in [0.15, 0.2) is 0 Å². The van der Waals surface area contributed by atoms with Crippen molar-refractivity contribution in [2.75, 3.05) is 60.8 Å². The summed E-state index contributed by atoms with van der Waals surface area (Å²) in [7, 11) is 5.00. The molecule has 0 spiro atoms. The molecule has 12 nitrogen and oxygen atoms in total. The number of hydrogen-bond donors (Lipinski definition) is 3. The van der Waals surface area contributed by atoms with Gasteiger partial charge in [-0.2, -0.15) is 0 Å². The molecule has 0 aromatic heterocycles. The summed E-state index contributed by atoms with van der Waals surface area (Å²) in [5.74, 6) is -0.509. The van der Waals surface area contributed by atoms with Gasteiger partial charge >= 0.3 is 0 Å². The second-order valence-electron chi connectivity index (χ2n) is 9.44. The maximum Gasteiger partial charge on any atom is 0.251 e. The first-order chi connectivity index (χ1) is 19.9. The molecular formula is C29H49N5O7. The molecule has 0 saturated carbocycles. The number of methoxy groups -OCH3 is 2. The van der Waals surface area contributed by atoms with E-state index >= 15 is 0 Å². The highest BCUT2D eigenvalue weighted by atomic mass is 16.6. The van der Waals surface area contributed by atoms with Gasteiger partial charge < -0.3 is 40.3 Å². The third kappa shape index (κ3) is 17.4. The van der Waals surface area contributed by atoms with E-state index in [1.165, 1.54) is 0 Å². The number of oxime groups is 2. The lowest BCUT2D eigenvalue weighted by Crippen LogP contribution is -2.39. The second-order valence-corrected chi connectivity index (χ2v) is 9.44. The van der Waals surface area contributed by atoms with Crippen molar-refractivity contribution >= 4 is 23.7 Å². The van der Waals surface area contributed by atoms with Crippen molar-refractivity contribution < 1.29 is 33.5 Å². The van der Waals surface area contributed by atoms with Crippen molar-refractivity contribution in [2.45, 2.75) is 64.0 Å². The Morgan fingerprint density at radius 3 is 2.37 bits per heavy atom. The number of primary amides is 1. The fourth-order valence-corrected chi connectivity index (χ4v) is 3.64. The molecule has 2 amide bonds. The van der Waals surface area contributed by atoms with E-state index in [9.17, 15) is 9.59 Å². The quantitative estimate of drug-likeness (QED) is 0.0907. The molecule has 0 radical (unpaired) electrons. The van der Waals surface area contributed by atoms with Crippen LogP contribution in [-0.2, 0) is 28.7 Å². The topological polar surface area (TPSA) is 155 Å². The van der Waals surface area contributed by atoms with Crippen LogP contribution < -0.4 is 16.4 Å². The Morgan fingerprint density at radius 1 is 0.951 bits per heavy atom. The Labute approximate surface area is 244 Å². The fourth-order valence-electron chi connectivity index (χ4n) is 3.64. The smallest absolute Gasteiger partial charge is 0.251 e. The van der Waals surface area contributed by atoms with Crippen LogP contribution in [0.5, 0.6) is 0 Å². The van der Waals surface area contributed by atoms with Crippen LogP contribution in [0, 0.1) is 0 Å². The van der Waals surface area contributed by atoms with E-state index in [0.29, 0.717) is 63.7 Å². The van der Waals surface area contributed by atoms with Gasteiger partial charge in [-0.15, -0.1) is 0 Å². The minimum absolute atomic E-state index is 0.0307. The molecule has 2 atom stereocenters. The number of rotatable bonds is 25. The number of nitrogens with one attached hydrogen (secondary N) is 2. The Balaban J connectivity index is 2.12. The van der Waals surface area contributed by atoms with Gasteiger partial charge in [-0.3, -0.25) is 9.59 Å². The van der Waals surface area contributed by atoms with Gasteiger partial charge in [-0.05, 0) is 70.2 Å². The van der Waals surface area contributed by atoms with Crippen LogP contribution in [0.15, 0.2) is 34.6 Å². The fraction of sp³-hybridized carbons (Fsp3) is 0.655. The van der Waals surface area contributed by atoms with Gasteiger partial charge in [-0.25, -0.2) is 0 Å². The first-order valence-electron chi connectivity index (χ1n) is 14.2. The van der Waals surface area contributed by atoms with Crippen LogP contribution in [0.2, 0.25) is 0 Å². The molecule has 41 heavy (non-hydrogen) atoms. The Bertz CT molecular complexity index is 896. The van der Waals surface area contributed by atoms with Crippen molar-refractivity contribution in [2.24, 2.45) is 16.0 Å². The highest BCUT2D eigenvalue weighted by molar-refractivity contribution is 6.00. The van der Waals surface area contributed by atoms with E-state index in [4.69, 9.17) is 29.6 Å². The molecule has 1 unspecified atom stereocenters. The summed E-state index contributed by atoms with van der Waals surface area (Å²) in [6.45, 7) is 4.95. The zero-order valence-electron chi connectivity index (χ0n) is 25.1. The number of carbonyl (C=O) groups excluding carboxylic acids is 2. The summed E-state index contributed by atoms with van der Waals surface area (Å²) in [4.78, 5) is 34.2. The van der Waals surface area contributed by atoms with Crippen molar-refractivity contribution in [3.8, 4) is 0 Å². The SMILES string of the molecule is CN[C@@H](CCCCNC(=O)c1ccc(/C(C)=N/OCCCO/N=C\CCCCOCC(COC)OC)cc1)C(N)=O. The molecule has 1 aromatic carbocycles. The third-order valence-electron chi connectivity index (χ3n) is 6.15. The van der Waals surface area contributed by atoms with Crippen LogP contribution in [0.1, 0.15) is 67.8 Å². The molecular weight excluding hydrogens is 530 g/mol. The van der Waals surface area contributed by atoms with Crippen LogP contribution in [0.3, 0.4) is 0 Å². The van der Waals surface area contributed by atoms with E-state index in [-0.39, 0.29) is 24.0 Å².